The predicted molar refractivity (Wildman–Crippen MR) is 46.5 cm³/mol. The molecule has 5 heteroatoms. The summed E-state index contributed by atoms with van der Waals surface area (Å²) in [5, 5.41) is 0. The van der Waals surface area contributed by atoms with E-state index in [4.69, 9.17) is 3.97 Å². The Hall–Kier alpha value is 0.340. The van der Waals surface area contributed by atoms with Crippen LogP contribution in [0.2, 0.25) is 0 Å². The third-order valence-electron chi connectivity index (χ3n) is 0.434. The number of rotatable bonds is 2. The number of hydrogen-bond acceptors (Lipinski definition) is 3. The van der Waals surface area contributed by atoms with Gasteiger partial charge in [-0.1, -0.05) is 0 Å². The zero-order valence-electron chi connectivity index (χ0n) is 7.08. The second-order valence-electron chi connectivity index (χ2n) is 4.19. The van der Waals surface area contributed by atoms with E-state index in [0.717, 1.165) is 6.26 Å². The van der Waals surface area contributed by atoms with Crippen LogP contribution in [0.1, 0.15) is 0 Å². The van der Waals surface area contributed by atoms with Gasteiger partial charge in [-0.3, -0.25) is 0 Å². The van der Waals surface area contributed by atoms with Gasteiger partial charge >= 0.3 is 62.3 Å². The van der Waals surface area contributed by atoms with Gasteiger partial charge in [-0.2, -0.15) is 0 Å². The third kappa shape index (κ3) is 8.34. The Kier molecular flexibility index (Phi) is 2.23. The molecule has 10 heavy (non-hydrogen) atoms. The number of hydrogen-bond donors (Lipinski definition) is 0. The summed E-state index contributed by atoms with van der Waals surface area (Å²) in [5.74, 6) is 0. The molecule has 0 saturated carbocycles. The Balaban J connectivity index is 4.49. The second kappa shape index (κ2) is 2.16. The molecule has 0 atom stereocenters. The predicted octanol–water partition coefficient (Wildman–Crippen LogP) is 0.950. The molecule has 0 aliphatic rings. The van der Waals surface area contributed by atoms with Crippen LogP contribution >= 0.6 is 6.83 Å². The normalized spacial score (nSPS) is 17.9. The summed E-state index contributed by atoms with van der Waals surface area (Å²) in [6, 6.07) is 0. The van der Waals surface area contributed by atoms with E-state index in [1.54, 1.807) is 0 Å². The van der Waals surface area contributed by atoms with E-state index in [0.29, 0.717) is 0 Å². The Labute approximate surface area is 62.9 Å². The summed E-state index contributed by atoms with van der Waals surface area (Å²) < 4.78 is 26.2. The van der Waals surface area contributed by atoms with Gasteiger partial charge in [0.05, 0.1) is 0 Å². The Morgan fingerprint density at radius 3 is 1.40 bits per heavy atom. The van der Waals surface area contributed by atoms with Crippen LogP contribution < -0.4 is 0 Å². The van der Waals surface area contributed by atoms with Crippen LogP contribution in [0.25, 0.3) is 0 Å². The molecular formula is C5H15O3PS. The summed E-state index contributed by atoms with van der Waals surface area (Å²) in [6.07, 6.45) is 1.08. The molecule has 0 amide bonds. The average molecular weight is 186 g/mol. The molecule has 0 heterocycles. The maximum absolute atomic E-state index is 10.7. The van der Waals surface area contributed by atoms with Crippen molar-refractivity contribution in [1.82, 2.24) is 0 Å². The van der Waals surface area contributed by atoms with Crippen molar-refractivity contribution in [3.63, 3.8) is 0 Å². The molecule has 0 N–H and O–H groups in total. The molecule has 0 unspecified atom stereocenters. The topological polar surface area (TPSA) is 43.4 Å². The van der Waals surface area contributed by atoms with Crippen LogP contribution in [0.5, 0.6) is 0 Å². The van der Waals surface area contributed by atoms with Gasteiger partial charge in [-0.05, 0) is 0 Å². The van der Waals surface area contributed by atoms with Crippen LogP contribution in [-0.4, -0.2) is 41.3 Å². The van der Waals surface area contributed by atoms with Gasteiger partial charge < -0.3 is 0 Å². The fourth-order valence-corrected chi connectivity index (χ4v) is 4.87. The summed E-state index contributed by atoms with van der Waals surface area (Å²) >= 11 is 0. The van der Waals surface area contributed by atoms with E-state index in [-0.39, 0.29) is 0 Å². The van der Waals surface area contributed by atoms with E-state index < -0.39 is 16.9 Å². The molecule has 0 aromatic carbocycles. The SMILES string of the molecule is CS(=O)(=O)OP(C)(C)(C)C. The van der Waals surface area contributed by atoms with E-state index in [1.807, 2.05) is 26.7 Å². The van der Waals surface area contributed by atoms with Gasteiger partial charge in [-0.15, -0.1) is 0 Å². The van der Waals surface area contributed by atoms with Crippen molar-refractivity contribution in [3.8, 4) is 0 Å². The fraction of sp³-hybridized carbons (Fsp3) is 1.00. The van der Waals surface area contributed by atoms with Gasteiger partial charge in [0.1, 0.15) is 0 Å². The summed E-state index contributed by atoms with van der Waals surface area (Å²) in [6.45, 7) is 5.03. The molecule has 0 radical (unpaired) electrons. The summed E-state index contributed by atoms with van der Waals surface area (Å²) in [5.41, 5.74) is 0. The standard InChI is InChI=1S/C5H15O3PS/c1-9(2,3,4)8-10(5,6)7/h1-5H3. The van der Waals surface area contributed by atoms with Crippen molar-refractivity contribution >= 4 is 16.9 Å². The van der Waals surface area contributed by atoms with Gasteiger partial charge in [0.25, 0.3) is 0 Å². The first kappa shape index (κ1) is 10.3. The van der Waals surface area contributed by atoms with Gasteiger partial charge in [0, 0.05) is 0 Å². The van der Waals surface area contributed by atoms with Crippen LogP contribution in [0, 0.1) is 0 Å². The molecule has 0 saturated heterocycles. The molecule has 0 bridgehead atoms. The third-order valence-corrected chi connectivity index (χ3v) is 3.90. The van der Waals surface area contributed by atoms with Crippen LogP contribution in [0.15, 0.2) is 0 Å². The quantitative estimate of drug-likeness (QED) is 0.603. The zero-order chi connectivity index (χ0) is 8.65. The minimum atomic E-state index is -3.28. The summed E-state index contributed by atoms with van der Waals surface area (Å²) in [7, 11) is -3.28. The van der Waals surface area contributed by atoms with E-state index >= 15 is 0 Å². The molecule has 64 valence electrons. The molecular weight excluding hydrogens is 171 g/mol. The van der Waals surface area contributed by atoms with Crippen molar-refractivity contribution in [2.24, 2.45) is 0 Å². The second-order valence-corrected chi connectivity index (χ2v) is 13.0. The minimum absolute atomic E-state index is 1.08. The van der Waals surface area contributed by atoms with Crippen molar-refractivity contribution in [3.05, 3.63) is 0 Å². The Morgan fingerprint density at radius 1 is 1.10 bits per heavy atom. The molecule has 0 spiro atoms. The molecule has 0 aliphatic carbocycles. The van der Waals surface area contributed by atoms with Gasteiger partial charge in [0.2, 0.25) is 0 Å². The molecule has 0 fully saturated rings. The van der Waals surface area contributed by atoms with Crippen molar-refractivity contribution < 1.29 is 12.4 Å². The first-order chi connectivity index (χ1) is 3.96. The van der Waals surface area contributed by atoms with Crippen LogP contribution in [-0.2, 0) is 14.1 Å². The molecule has 0 rings (SSSR count). The van der Waals surface area contributed by atoms with E-state index in [2.05, 4.69) is 0 Å². The van der Waals surface area contributed by atoms with Crippen molar-refractivity contribution in [1.29, 1.82) is 0 Å². The Bertz CT molecular complexity index is 212. The molecule has 3 nitrogen and oxygen atoms in total. The van der Waals surface area contributed by atoms with Gasteiger partial charge in [0.15, 0.2) is 0 Å². The average Bonchev–Trinajstić information content (AvgIpc) is 1.09. The molecule has 0 aromatic rings. The summed E-state index contributed by atoms with van der Waals surface area (Å²) in [4.78, 5) is 0. The monoisotopic (exact) mass is 186 g/mol. The van der Waals surface area contributed by atoms with Gasteiger partial charge in [-0.25, -0.2) is 0 Å². The van der Waals surface area contributed by atoms with E-state index in [1.165, 1.54) is 0 Å². The Morgan fingerprint density at radius 2 is 1.40 bits per heavy atom. The van der Waals surface area contributed by atoms with Crippen LogP contribution in [0.3, 0.4) is 0 Å². The first-order valence-corrected chi connectivity index (χ1v) is 8.64. The fourth-order valence-electron chi connectivity index (χ4n) is 0.542. The van der Waals surface area contributed by atoms with Crippen molar-refractivity contribution in [2.45, 2.75) is 0 Å². The zero-order valence-corrected chi connectivity index (χ0v) is 8.79. The van der Waals surface area contributed by atoms with E-state index in [9.17, 15) is 8.42 Å². The first-order valence-electron chi connectivity index (χ1n) is 2.88. The molecule has 0 aliphatic heterocycles. The van der Waals surface area contributed by atoms with Crippen molar-refractivity contribution in [2.75, 3.05) is 32.9 Å². The van der Waals surface area contributed by atoms with Crippen LogP contribution in [0.4, 0.5) is 0 Å². The molecule has 0 aromatic heterocycles. The maximum atomic E-state index is 10.7.